The van der Waals surface area contributed by atoms with Gasteiger partial charge in [-0.05, 0) is 146 Å². The smallest absolute Gasteiger partial charge is 0.399 e. The topological polar surface area (TPSA) is 315 Å². The van der Waals surface area contributed by atoms with Gasteiger partial charge in [-0.15, -0.1) is 0 Å². The summed E-state index contributed by atoms with van der Waals surface area (Å²) in [5.41, 5.74) is 16.8. The Hall–Kier alpha value is -8.46. The fourth-order valence-corrected chi connectivity index (χ4v) is 13.3. The minimum Gasteiger partial charge on any atom is -0.399 e. The number of nitrogens with zero attached hydrogens (tertiary/aromatic N) is 6. The van der Waals surface area contributed by atoms with E-state index in [0.29, 0.717) is 32.7 Å². The van der Waals surface area contributed by atoms with Gasteiger partial charge in [-0.1, -0.05) is 94.7 Å². The zero-order chi connectivity index (χ0) is 66.0. The number of nitrogens with two attached hydrogens (primary N) is 2. The number of halogens is 4. The van der Waals surface area contributed by atoms with Crippen LogP contribution in [0.2, 0.25) is 0 Å². The van der Waals surface area contributed by atoms with Crippen molar-refractivity contribution < 1.29 is 49.3 Å². The molecule has 0 spiro atoms. The van der Waals surface area contributed by atoms with Crippen LogP contribution in [0, 0.1) is 11.6 Å². The first-order chi connectivity index (χ1) is 42.9. The summed E-state index contributed by atoms with van der Waals surface area (Å²) in [5, 5.41) is 9.77. The van der Waals surface area contributed by atoms with Crippen LogP contribution in [0.15, 0.2) is 172 Å². The van der Waals surface area contributed by atoms with E-state index < -0.39 is 40.5 Å². The van der Waals surface area contributed by atoms with Gasteiger partial charge in [-0.2, -0.15) is 0 Å². The largest absolute Gasteiger partial charge is 0.494 e. The Morgan fingerprint density at radius 1 is 0.527 bits per heavy atom. The van der Waals surface area contributed by atoms with Crippen LogP contribution in [0.4, 0.5) is 41.6 Å². The molecule has 6 aromatic heterocycles. The number of sulfonamides is 1. The van der Waals surface area contributed by atoms with E-state index in [1.165, 1.54) is 91.2 Å². The molecule has 1 aliphatic rings. The van der Waals surface area contributed by atoms with E-state index in [1.54, 1.807) is 36.4 Å². The molecule has 470 valence electrons. The van der Waals surface area contributed by atoms with Crippen molar-refractivity contribution in [2.24, 2.45) is 0 Å². The second-order valence-electron chi connectivity index (χ2n) is 20.4. The van der Waals surface area contributed by atoms with Gasteiger partial charge in [0.2, 0.25) is 17.7 Å². The van der Waals surface area contributed by atoms with Crippen molar-refractivity contribution in [1.82, 2.24) is 29.9 Å². The van der Waals surface area contributed by atoms with E-state index in [9.17, 15) is 40.0 Å². The number of amides is 3. The zero-order valence-electron chi connectivity index (χ0n) is 49.2. The van der Waals surface area contributed by atoms with Crippen molar-refractivity contribution in [1.29, 1.82) is 0 Å². The highest BCUT2D eigenvalue weighted by Crippen LogP contribution is 2.38. The number of carbonyl (C=O) groups is 3. The molecule has 8 N–H and O–H groups in total. The maximum Gasteiger partial charge on any atom is 0.494 e. The Kier molecular flexibility index (Phi) is 22.0. The summed E-state index contributed by atoms with van der Waals surface area (Å²) in [6, 6.07) is 43.1. The first-order valence-electron chi connectivity index (χ1n) is 26.9. The summed E-state index contributed by atoms with van der Waals surface area (Å²) in [6.07, 6.45) is 0. The first kappa shape index (κ1) is 68.5. The first-order valence-corrected chi connectivity index (χ1v) is 33.9. The highest BCUT2D eigenvalue weighted by atomic mass is 79.9. The molecule has 0 atom stereocenters. The minimum atomic E-state index is -4.12. The lowest BCUT2D eigenvalue weighted by Gasteiger charge is -2.32. The van der Waals surface area contributed by atoms with Crippen LogP contribution in [-0.4, -0.2) is 82.8 Å². The van der Waals surface area contributed by atoms with E-state index in [0.717, 1.165) is 75.7 Å². The average molecular weight is 1410 g/mol. The number of nitrogens with one attached hydrogen (secondary N) is 4. The molecule has 1 fully saturated rings. The quantitative estimate of drug-likeness (QED) is 0.0421. The molecule has 21 nitrogen and oxygen atoms in total. The second kappa shape index (κ2) is 29.2. The molecule has 91 heavy (non-hydrogen) atoms. The number of hydrogen-bond acceptors (Lipinski definition) is 20. The number of carbonyl (C=O) groups excluding carboxylic acids is 3. The maximum atomic E-state index is 13.9. The summed E-state index contributed by atoms with van der Waals surface area (Å²) < 4.78 is 90.7. The highest BCUT2D eigenvalue weighted by molar-refractivity contribution is 9.10. The summed E-state index contributed by atoms with van der Waals surface area (Å²) in [5.74, 6) is -1.02. The van der Waals surface area contributed by atoms with Crippen molar-refractivity contribution >= 4 is 173 Å². The van der Waals surface area contributed by atoms with E-state index in [-0.39, 0.29) is 41.9 Å². The van der Waals surface area contributed by atoms with Crippen LogP contribution < -0.4 is 37.6 Å². The molecule has 0 bridgehead atoms. The number of aromatic nitrogens is 6. The number of fused-ring (bicyclic) bond motifs is 3. The lowest BCUT2D eigenvalue weighted by molar-refractivity contribution is -0.115. The van der Waals surface area contributed by atoms with Gasteiger partial charge in [0.1, 0.15) is 43.5 Å². The molecule has 31 heteroatoms. The highest BCUT2D eigenvalue weighted by Gasteiger charge is 2.51. The molecule has 11 aromatic rings. The molecular formula is C60H55BBrClF2N12O9S5. The number of thiazole rings is 3. The van der Waals surface area contributed by atoms with Gasteiger partial charge >= 0.3 is 7.12 Å². The fraction of sp³-hybridized carbons (Fsp3) is 0.150. The standard InChI is InChI=1S/C20H15FN4O3S2.C15H19BN2O3S.C14H12N4OS.C6H4ClFO2S.C5H5BrN2/c1-12(26)22-20-24-16-10-9-13(11-17(16)29-20)15-6-4-8-19(23-15)25-30(27,28)18-7-3-2-5-14(18)21;1-9(19)17-13-18-11-7-6-10(8-12(11)22-13)16-20-14(2,3)15(4,5)21-16;1-8(19)16-14-18-11-6-5-9(7-12(11)20-14)10-3-2-4-13(15)17-10;7-11(9,10)6-4-2-1-3-5(6)8;6-4-2-1-3-5(7)8-4/h2-11H,1H3,(H,23,25)(H,22,24,26);6-8H,1-5H3,(H,17,18,19);2-7H,1H3,(H2,15,17)(H,16,18,19);1-4H;1-3H,(H2,7,8). The van der Waals surface area contributed by atoms with Gasteiger partial charge in [-0.3, -0.25) is 19.1 Å². The van der Waals surface area contributed by atoms with Crippen LogP contribution in [0.5, 0.6) is 0 Å². The number of pyridine rings is 3. The van der Waals surface area contributed by atoms with Crippen molar-refractivity contribution in [2.45, 2.75) is 69.5 Å². The summed E-state index contributed by atoms with van der Waals surface area (Å²) in [6.45, 7) is 12.5. The third-order valence-corrected chi connectivity index (χ3v) is 18.9. The van der Waals surface area contributed by atoms with Crippen LogP contribution in [0.3, 0.4) is 0 Å². The second-order valence-corrected chi connectivity index (χ2v) is 28.5. The Bertz CT molecular complexity index is 4710. The Morgan fingerprint density at radius 2 is 0.945 bits per heavy atom. The summed E-state index contributed by atoms with van der Waals surface area (Å²) in [4.78, 5) is 58.0. The zero-order valence-corrected chi connectivity index (χ0v) is 55.6. The van der Waals surface area contributed by atoms with Crippen molar-refractivity contribution in [3.63, 3.8) is 0 Å². The number of hydrogen-bond donors (Lipinski definition) is 6. The molecule has 1 aliphatic heterocycles. The van der Waals surface area contributed by atoms with Crippen LogP contribution in [-0.2, 0) is 42.8 Å². The fourth-order valence-electron chi connectivity index (χ4n) is 8.03. The normalized spacial score (nSPS) is 13.0. The van der Waals surface area contributed by atoms with Crippen LogP contribution >= 0.6 is 60.6 Å². The van der Waals surface area contributed by atoms with E-state index >= 15 is 0 Å². The molecular weight excluding hydrogens is 1360 g/mol. The van der Waals surface area contributed by atoms with E-state index in [1.807, 2.05) is 94.4 Å². The van der Waals surface area contributed by atoms with Gasteiger partial charge in [-0.25, -0.2) is 55.5 Å². The number of rotatable bonds is 10. The Balaban J connectivity index is 0.000000156. The van der Waals surface area contributed by atoms with Gasteiger partial charge in [0.05, 0.1) is 53.2 Å². The number of nitrogen functional groups attached to an aromatic ring is 2. The van der Waals surface area contributed by atoms with E-state index in [2.05, 4.69) is 66.5 Å². The van der Waals surface area contributed by atoms with Crippen molar-refractivity contribution in [3.8, 4) is 22.5 Å². The predicted molar refractivity (Wildman–Crippen MR) is 361 cm³/mol. The lowest BCUT2D eigenvalue weighted by atomic mass is 9.79. The third kappa shape index (κ3) is 18.6. The van der Waals surface area contributed by atoms with Gasteiger partial charge < -0.3 is 36.7 Å². The molecule has 3 amide bonds. The monoisotopic (exact) mass is 1410 g/mol. The number of benzene rings is 5. The molecule has 0 aliphatic carbocycles. The molecule has 12 rings (SSSR count). The molecule has 0 unspecified atom stereocenters. The molecule has 0 radical (unpaired) electrons. The van der Waals surface area contributed by atoms with Crippen molar-refractivity contribution in [2.75, 3.05) is 32.1 Å². The predicted octanol–water partition coefficient (Wildman–Crippen LogP) is 12.9. The van der Waals surface area contributed by atoms with Crippen LogP contribution in [0.25, 0.3) is 53.2 Å². The van der Waals surface area contributed by atoms with Crippen molar-refractivity contribution in [3.05, 3.63) is 174 Å². The third-order valence-electron chi connectivity index (χ3n) is 12.9. The molecule has 1 saturated heterocycles. The van der Waals surface area contributed by atoms with Crippen LogP contribution in [0.1, 0.15) is 48.5 Å². The Labute approximate surface area is 546 Å². The molecule has 5 aromatic carbocycles. The van der Waals surface area contributed by atoms with Gasteiger partial charge in [0.25, 0.3) is 19.1 Å². The molecule has 7 heterocycles. The summed E-state index contributed by atoms with van der Waals surface area (Å²) >= 11 is 7.38. The molecule has 0 saturated carbocycles. The average Bonchev–Trinajstić information content (AvgIpc) is 1.70. The Morgan fingerprint density at radius 3 is 1.36 bits per heavy atom. The SMILES string of the molecule is CC(=O)Nc1nc2ccc(-c3cccc(N)n3)cc2s1.CC(=O)Nc1nc2ccc(-c3cccc(NS(=O)(=O)c4ccccc4F)n3)cc2s1.CC(=O)Nc1nc2ccc(B3OC(C)(C)C(C)(C)O3)cc2s1.Nc1cccc(Br)n1.O=S(=O)(Cl)c1ccccc1F. The van der Waals surface area contributed by atoms with E-state index in [4.69, 9.17) is 31.5 Å². The van der Waals surface area contributed by atoms with Gasteiger partial charge in [0, 0.05) is 42.6 Å². The number of anilines is 6. The maximum absolute atomic E-state index is 13.9. The minimum absolute atomic E-state index is 0.0686. The van der Waals surface area contributed by atoms with Gasteiger partial charge in [0.15, 0.2) is 15.4 Å². The lowest BCUT2D eigenvalue weighted by Crippen LogP contribution is -2.41. The summed E-state index contributed by atoms with van der Waals surface area (Å²) in [7, 11) is -3.55.